The molecule has 0 bridgehead atoms. The Balaban J connectivity index is 1.89. The van der Waals surface area contributed by atoms with Gasteiger partial charge in [-0.25, -0.2) is 0 Å². The van der Waals surface area contributed by atoms with Gasteiger partial charge in [0.1, 0.15) is 0 Å². The van der Waals surface area contributed by atoms with Crippen LogP contribution in [0.1, 0.15) is 12.6 Å². The van der Waals surface area contributed by atoms with E-state index in [9.17, 15) is 0 Å². The first-order valence-corrected chi connectivity index (χ1v) is 5.53. The van der Waals surface area contributed by atoms with Crippen LogP contribution in [0, 0.1) is 0 Å². The highest BCUT2D eigenvalue weighted by Crippen LogP contribution is 2.12. The second-order valence-electron chi connectivity index (χ2n) is 3.71. The molecule has 0 aliphatic rings. The zero-order valence-electron chi connectivity index (χ0n) is 9.72. The smallest absolute Gasteiger partial charge is 0.0853 e. The second kappa shape index (κ2) is 4.83. The van der Waals surface area contributed by atoms with Crippen molar-refractivity contribution in [1.29, 1.82) is 0 Å². The minimum Gasteiger partial charge on any atom is -0.380 e. The normalized spacial score (nSPS) is 10.6. The first kappa shape index (κ1) is 10.7. The predicted octanol–water partition coefficient (Wildman–Crippen LogP) is 1.29. The fraction of sp³-hybridized carbons (Fsp3) is 0.455. The van der Waals surface area contributed by atoms with Crippen LogP contribution in [0.5, 0.6) is 0 Å². The molecule has 16 heavy (non-hydrogen) atoms. The lowest BCUT2D eigenvalue weighted by Crippen LogP contribution is -2.11. The Hall–Kier alpha value is -1.78. The first-order valence-electron chi connectivity index (χ1n) is 5.53. The molecule has 0 aliphatic heterocycles. The number of anilines is 1. The lowest BCUT2D eigenvalue weighted by atomic mass is 10.3. The second-order valence-corrected chi connectivity index (χ2v) is 3.71. The highest BCUT2D eigenvalue weighted by molar-refractivity contribution is 5.46. The van der Waals surface area contributed by atoms with Gasteiger partial charge < -0.3 is 5.32 Å². The average molecular weight is 219 g/mol. The van der Waals surface area contributed by atoms with Crippen LogP contribution in [0.2, 0.25) is 0 Å². The third-order valence-corrected chi connectivity index (χ3v) is 2.46. The van der Waals surface area contributed by atoms with E-state index >= 15 is 0 Å². The fourth-order valence-electron chi connectivity index (χ4n) is 1.68. The van der Waals surface area contributed by atoms with Gasteiger partial charge in [0.2, 0.25) is 0 Å². The average Bonchev–Trinajstić information content (AvgIpc) is 2.88. The third-order valence-electron chi connectivity index (χ3n) is 2.46. The molecule has 0 aromatic carbocycles. The van der Waals surface area contributed by atoms with Crippen LogP contribution < -0.4 is 5.32 Å². The molecular formula is C11H17N5. The summed E-state index contributed by atoms with van der Waals surface area (Å²) < 4.78 is 3.75. The molecule has 2 rings (SSSR count). The maximum absolute atomic E-state index is 4.38. The molecule has 0 aliphatic carbocycles. The number of nitrogens with one attached hydrogen (secondary N) is 1. The van der Waals surface area contributed by atoms with Crippen LogP contribution in [0.4, 0.5) is 5.69 Å². The lowest BCUT2D eigenvalue weighted by molar-refractivity contribution is 0.637. The first-order chi connectivity index (χ1) is 7.79. The summed E-state index contributed by atoms with van der Waals surface area (Å²) in [5.41, 5.74) is 2.24. The van der Waals surface area contributed by atoms with E-state index in [1.165, 1.54) is 0 Å². The largest absolute Gasteiger partial charge is 0.380 e. The van der Waals surface area contributed by atoms with Crippen molar-refractivity contribution in [2.24, 2.45) is 7.05 Å². The summed E-state index contributed by atoms with van der Waals surface area (Å²) in [6.45, 7) is 3.84. The Morgan fingerprint density at radius 1 is 1.44 bits per heavy atom. The molecule has 2 aromatic heterocycles. The quantitative estimate of drug-likeness (QED) is 0.824. The monoisotopic (exact) mass is 219 g/mol. The topological polar surface area (TPSA) is 47.7 Å². The van der Waals surface area contributed by atoms with Crippen molar-refractivity contribution in [2.45, 2.75) is 19.9 Å². The van der Waals surface area contributed by atoms with Crippen LogP contribution in [0.25, 0.3) is 0 Å². The number of aryl methyl sites for hydroxylation is 2. The molecule has 0 fully saturated rings. The van der Waals surface area contributed by atoms with E-state index in [4.69, 9.17) is 0 Å². The molecule has 0 spiro atoms. The van der Waals surface area contributed by atoms with Gasteiger partial charge in [0.15, 0.2) is 0 Å². The van der Waals surface area contributed by atoms with Gasteiger partial charge in [-0.1, -0.05) is 6.92 Å². The van der Waals surface area contributed by atoms with Crippen molar-refractivity contribution in [3.05, 3.63) is 30.4 Å². The minimum atomic E-state index is 0.861. The predicted molar refractivity (Wildman–Crippen MR) is 63.3 cm³/mol. The van der Waals surface area contributed by atoms with Crippen LogP contribution in [0.15, 0.2) is 24.7 Å². The molecule has 0 amide bonds. The van der Waals surface area contributed by atoms with Crippen LogP contribution in [-0.2, 0) is 20.0 Å². The molecule has 5 heteroatoms. The summed E-state index contributed by atoms with van der Waals surface area (Å²) in [6.07, 6.45) is 6.72. The number of aromatic nitrogens is 4. The zero-order chi connectivity index (χ0) is 11.4. The van der Waals surface area contributed by atoms with Crippen LogP contribution >= 0.6 is 0 Å². The molecule has 86 valence electrons. The summed E-state index contributed by atoms with van der Waals surface area (Å²) in [4.78, 5) is 0. The minimum absolute atomic E-state index is 0.861. The highest BCUT2D eigenvalue weighted by atomic mass is 15.3. The van der Waals surface area contributed by atoms with Crippen LogP contribution in [-0.4, -0.2) is 26.1 Å². The molecule has 5 nitrogen and oxygen atoms in total. The van der Waals surface area contributed by atoms with Gasteiger partial charge in [-0.05, 0) is 12.5 Å². The standard InChI is InChI=1S/C11H17N5/c1-3-10-11(9-15(2)14-10)12-6-8-16-7-4-5-13-16/h4-5,7,9,12H,3,6,8H2,1-2H3. The summed E-state index contributed by atoms with van der Waals surface area (Å²) in [6, 6.07) is 1.93. The van der Waals surface area contributed by atoms with Crippen molar-refractivity contribution in [3.8, 4) is 0 Å². The van der Waals surface area contributed by atoms with E-state index in [1.54, 1.807) is 6.20 Å². The number of hydrogen-bond donors (Lipinski definition) is 1. The van der Waals surface area contributed by atoms with E-state index in [0.29, 0.717) is 0 Å². The Bertz CT molecular complexity index is 429. The van der Waals surface area contributed by atoms with E-state index in [1.807, 2.05) is 34.9 Å². The van der Waals surface area contributed by atoms with Crippen molar-refractivity contribution >= 4 is 5.69 Å². The number of hydrogen-bond acceptors (Lipinski definition) is 3. The van der Waals surface area contributed by atoms with Crippen molar-refractivity contribution < 1.29 is 0 Å². The van der Waals surface area contributed by atoms with Crippen molar-refractivity contribution in [1.82, 2.24) is 19.6 Å². The zero-order valence-corrected chi connectivity index (χ0v) is 9.72. The molecule has 0 saturated heterocycles. The molecule has 1 N–H and O–H groups in total. The molecule has 2 aromatic rings. The molecule has 0 saturated carbocycles. The number of rotatable bonds is 5. The molecule has 2 heterocycles. The summed E-state index contributed by atoms with van der Waals surface area (Å²) >= 11 is 0. The van der Waals surface area contributed by atoms with Gasteiger partial charge in [-0.2, -0.15) is 10.2 Å². The molecule has 0 atom stereocenters. The molecular weight excluding hydrogens is 202 g/mol. The van der Waals surface area contributed by atoms with Crippen molar-refractivity contribution in [2.75, 3.05) is 11.9 Å². The van der Waals surface area contributed by atoms with Gasteiger partial charge in [0, 0.05) is 32.2 Å². The van der Waals surface area contributed by atoms with Crippen molar-refractivity contribution in [3.63, 3.8) is 0 Å². The Labute approximate surface area is 95.1 Å². The van der Waals surface area contributed by atoms with Gasteiger partial charge in [0.25, 0.3) is 0 Å². The molecule has 0 unspecified atom stereocenters. The van der Waals surface area contributed by atoms with Crippen LogP contribution in [0.3, 0.4) is 0 Å². The van der Waals surface area contributed by atoms with Gasteiger partial charge >= 0.3 is 0 Å². The van der Waals surface area contributed by atoms with E-state index < -0.39 is 0 Å². The lowest BCUT2D eigenvalue weighted by Gasteiger charge is -2.05. The van der Waals surface area contributed by atoms with Gasteiger partial charge in [-0.15, -0.1) is 0 Å². The summed E-state index contributed by atoms with van der Waals surface area (Å²) in [7, 11) is 1.94. The fourth-order valence-corrected chi connectivity index (χ4v) is 1.68. The maximum atomic E-state index is 4.38. The van der Waals surface area contributed by atoms with Gasteiger partial charge in [-0.3, -0.25) is 9.36 Å². The Morgan fingerprint density at radius 3 is 3.00 bits per heavy atom. The highest BCUT2D eigenvalue weighted by Gasteiger charge is 2.04. The Morgan fingerprint density at radius 2 is 2.31 bits per heavy atom. The Kier molecular flexibility index (Phi) is 3.24. The maximum Gasteiger partial charge on any atom is 0.0853 e. The number of nitrogens with zero attached hydrogens (tertiary/aromatic N) is 4. The van der Waals surface area contributed by atoms with E-state index in [-0.39, 0.29) is 0 Å². The van der Waals surface area contributed by atoms with Gasteiger partial charge in [0.05, 0.1) is 17.9 Å². The SMILES string of the molecule is CCc1nn(C)cc1NCCn1cccn1. The van der Waals surface area contributed by atoms with E-state index in [0.717, 1.165) is 30.9 Å². The summed E-state index contributed by atoms with van der Waals surface area (Å²) in [5.74, 6) is 0. The van der Waals surface area contributed by atoms with E-state index in [2.05, 4.69) is 22.4 Å². The summed E-state index contributed by atoms with van der Waals surface area (Å²) in [5, 5.41) is 11.9. The molecule has 0 radical (unpaired) electrons. The third kappa shape index (κ3) is 2.42.